The molecule has 2 aromatic rings. The Morgan fingerprint density at radius 1 is 1.00 bits per heavy atom. The maximum Gasteiger partial charge on any atom is 0.227 e. The zero-order chi connectivity index (χ0) is 26.5. The molecule has 37 heavy (non-hydrogen) atoms. The zero-order valence-corrected chi connectivity index (χ0v) is 22.2. The first-order chi connectivity index (χ1) is 17.5. The lowest BCUT2D eigenvalue weighted by atomic mass is 9.73. The molecule has 0 saturated carbocycles. The van der Waals surface area contributed by atoms with Crippen LogP contribution in [0.25, 0.3) is 0 Å². The van der Waals surface area contributed by atoms with Gasteiger partial charge in [0.1, 0.15) is 11.6 Å². The highest BCUT2D eigenvalue weighted by atomic mass is 19.1. The lowest BCUT2D eigenvalue weighted by Gasteiger charge is -2.41. The molecule has 2 amide bonds. The average Bonchev–Trinajstić information content (AvgIpc) is 3.40. The molecule has 5 rings (SSSR count). The van der Waals surface area contributed by atoms with Crippen LogP contribution in [0.4, 0.5) is 8.78 Å². The van der Waals surface area contributed by atoms with Crippen LogP contribution in [0.1, 0.15) is 75.6 Å². The maximum absolute atomic E-state index is 14.9. The third-order valence-electron chi connectivity index (χ3n) is 8.86. The van der Waals surface area contributed by atoms with E-state index in [0.717, 1.165) is 25.3 Å². The Morgan fingerprint density at radius 3 is 2.35 bits per heavy atom. The van der Waals surface area contributed by atoms with Gasteiger partial charge in [0.25, 0.3) is 0 Å². The molecule has 0 radical (unpaired) electrons. The van der Waals surface area contributed by atoms with Crippen molar-refractivity contribution in [2.75, 3.05) is 26.2 Å². The standard InChI is InChI=1S/C30H37F2N3O2/c1-19(36)33-27-16-30(25-8-6-5-7-22(25)27)11-13-34(14-12-30)28(37)24-18-35(29(2,3)4)17-23(24)21-10-9-20(31)15-26(21)32/h5-10,15,23-24,27H,11-14,16-18H2,1-4H3,(H,33,36)/t23-,24?,27?/m0/s1. The molecular weight excluding hydrogens is 472 g/mol. The van der Waals surface area contributed by atoms with Crippen LogP contribution in [0.15, 0.2) is 42.5 Å². The molecule has 2 unspecified atom stereocenters. The van der Waals surface area contributed by atoms with E-state index in [1.165, 1.54) is 23.3 Å². The SMILES string of the molecule is CC(=O)NC1CC2(CCN(C(=O)C3CN(C(C)(C)C)C[C@H]3c3ccc(F)cc3F)CC2)c2ccccc21. The lowest BCUT2D eigenvalue weighted by molar-refractivity contribution is -0.137. The number of nitrogens with zero attached hydrogens (tertiary/aromatic N) is 2. The second kappa shape index (κ2) is 9.50. The molecule has 1 N–H and O–H groups in total. The van der Waals surface area contributed by atoms with Gasteiger partial charge in [-0.1, -0.05) is 30.3 Å². The van der Waals surface area contributed by atoms with E-state index in [2.05, 4.69) is 49.2 Å². The Kier molecular flexibility index (Phi) is 6.63. The Morgan fingerprint density at radius 2 is 1.70 bits per heavy atom. The fourth-order valence-electron chi connectivity index (χ4n) is 6.85. The van der Waals surface area contributed by atoms with Crippen LogP contribution in [-0.2, 0) is 15.0 Å². The van der Waals surface area contributed by atoms with Gasteiger partial charge in [-0.25, -0.2) is 8.78 Å². The van der Waals surface area contributed by atoms with E-state index < -0.39 is 11.6 Å². The van der Waals surface area contributed by atoms with E-state index in [1.807, 2.05) is 11.0 Å². The lowest BCUT2D eigenvalue weighted by Crippen LogP contribution is -2.48. The molecule has 3 atom stereocenters. The molecule has 2 saturated heterocycles. The van der Waals surface area contributed by atoms with Crippen LogP contribution < -0.4 is 5.32 Å². The molecule has 1 spiro atoms. The van der Waals surface area contributed by atoms with Gasteiger partial charge >= 0.3 is 0 Å². The van der Waals surface area contributed by atoms with Crippen LogP contribution in [0.5, 0.6) is 0 Å². The van der Waals surface area contributed by atoms with Gasteiger partial charge in [0.2, 0.25) is 11.8 Å². The fraction of sp³-hybridized carbons (Fsp3) is 0.533. The second-order valence-electron chi connectivity index (χ2n) is 12.1. The van der Waals surface area contributed by atoms with E-state index in [-0.39, 0.29) is 40.6 Å². The van der Waals surface area contributed by atoms with Gasteiger partial charge in [0, 0.05) is 56.0 Å². The van der Waals surface area contributed by atoms with E-state index in [0.29, 0.717) is 31.7 Å². The third kappa shape index (κ3) is 4.78. The van der Waals surface area contributed by atoms with Crippen molar-refractivity contribution in [1.29, 1.82) is 0 Å². The van der Waals surface area contributed by atoms with Crippen molar-refractivity contribution in [3.63, 3.8) is 0 Å². The highest BCUT2D eigenvalue weighted by Crippen LogP contribution is 2.51. The first kappa shape index (κ1) is 25.8. The predicted molar refractivity (Wildman–Crippen MR) is 139 cm³/mol. The molecule has 5 nitrogen and oxygen atoms in total. The number of amides is 2. The molecular formula is C30H37F2N3O2. The fourth-order valence-corrected chi connectivity index (χ4v) is 6.85. The summed E-state index contributed by atoms with van der Waals surface area (Å²) in [5.41, 5.74) is 2.66. The number of hydrogen-bond acceptors (Lipinski definition) is 3. The summed E-state index contributed by atoms with van der Waals surface area (Å²) in [5, 5.41) is 3.11. The Balaban J connectivity index is 1.36. The smallest absolute Gasteiger partial charge is 0.227 e. The number of carbonyl (C=O) groups excluding carboxylic acids is 2. The minimum Gasteiger partial charge on any atom is -0.349 e. The van der Waals surface area contributed by atoms with Gasteiger partial charge in [-0.15, -0.1) is 0 Å². The summed E-state index contributed by atoms with van der Waals surface area (Å²) in [7, 11) is 0. The number of rotatable bonds is 3. The molecule has 2 fully saturated rings. The highest BCUT2D eigenvalue weighted by Gasteiger charge is 2.49. The van der Waals surface area contributed by atoms with Crippen LogP contribution >= 0.6 is 0 Å². The molecule has 1 aliphatic carbocycles. The Labute approximate surface area is 218 Å². The number of piperidine rings is 1. The number of likely N-dealkylation sites (tertiary alicyclic amines) is 2. The first-order valence-corrected chi connectivity index (χ1v) is 13.3. The topological polar surface area (TPSA) is 52.7 Å². The van der Waals surface area contributed by atoms with Crippen molar-refractivity contribution in [1.82, 2.24) is 15.1 Å². The quantitative estimate of drug-likeness (QED) is 0.639. The molecule has 0 aromatic heterocycles. The van der Waals surface area contributed by atoms with Crippen molar-refractivity contribution >= 4 is 11.8 Å². The second-order valence-corrected chi connectivity index (χ2v) is 12.1. The van der Waals surface area contributed by atoms with Gasteiger partial charge < -0.3 is 10.2 Å². The van der Waals surface area contributed by atoms with Crippen LogP contribution in [-0.4, -0.2) is 53.3 Å². The average molecular weight is 510 g/mol. The summed E-state index contributed by atoms with van der Waals surface area (Å²) >= 11 is 0. The maximum atomic E-state index is 14.9. The first-order valence-electron chi connectivity index (χ1n) is 13.3. The summed E-state index contributed by atoms with van der Waals surface area (Å²) in [6, 6.07) is 12.0. The van der Waals surface area contributed by atoms with E-state index in [1.54, 1.807) is 6.92 Å². The van der Waals surface area contributed by atoms with Crippen molar-refractivity contribution in [3.05, 3.63) is 70.8 Å². The summed E-state index contributed by atoms with van der Waals surface area (Å²) in [5.74, 6) is -1.86. The number of carbonyl (C=O) groups is 2. The minimum atomic E-state index is -0.606. The molecule has 2 heterocycles. The van der Waals surface area contributed by atoms with Crippen molar-refractivity contribution in [3.8, 4) is 0 Å². The number of halogens is 2. The predicted octanol–water partition coefficient (Wildman–Crippen LogP) is 4.92. The summed E-state index contributed by atoms with van der Waals surface area (Å²) in [4.78, 5) is 30.0. The monoisotopic (exact) mass is 509 g/mol. The van der Waals surface area contributed by atoms with Gasteiger partial charge in [-0.3, -0.25) is 14.5 Å². The molecule has 0 bridgehead atoms. The van der Waals surface area contributed by atoms with Gasteiger partial charge in [-0.2, -0.15) is 0 Å². The number of nitrogens with one attached hydrogen (secondary N) is 1. The molecule has 7 heteroatoms. The number of benzene rings is 2. The molecule has 3 aliphatic rings. The Bertz CT molecular complexity index is 1200. The highest BCUT2D eigenvalue weighted by molar-refractivity contribution is 5.81. The van der Waals surface area contributed by atoms with Crippen molar-refractivity contribution < 1.29 is 18.4 Å². The van der Waals surface area contributed by atoms with Gasteiger partial charge in [0.05, 0.1) is 12.0 Å². The normalized spacial score (nSPS) is 25.4. The van der Waals surface area contributed by atoms with Gasteiger partial charge in [-0.05, 0) is 62.8 Å². The molecule has 2 aromatic carbocycles. The summed E-state index contributed by atoms with van der Waals surface area (Å²) in [6.45, 7) is 10.2. The zero-order valence-electron chi connectivity index (χ0n) is 22.2. The third-order valence-corrected chi connectivity index (χ3v) is 8.86. The largest absolute Gasteiger partial charge is 0.349 e. The molecule has 198 valence electrons. The van der Waals surface area contributed by atoms with Crippen molar-refractivity contribution in [2.45, 2.75) is 69.9 Å². The van der Waals surface area contributed by atoms with Crippen LogP contribution in [0, 0.1) is 17.6 Å². The Hall–Kier alpha value is -2.80. The van der Waals surface area contributed by atoms with Crippen LogP contribution in [0.3, 0.4) is 0 Å². The van der Waals surface area contributed by atoms with Crippen molar-refractivity contribution in [2.24, 2.45) is 5.92 Å². The van der Waals surface area contributed by atoms with E-state index >= 15 is 0 Å². The van der Waals surface area contributed by atoms with E-state index in [9.17, 15) is 18.4 Å². The van der Waals surface area contributed by atoms with Crippen LogP contribution in [0.2, 0.25) is 0 Å². The number of hydrogen-bond donors (Lipinski definition) is 1. The van der Waals surface area contributed by atoms with Gasteiger partial charge in [0.15, 0.2) is 0 Å². The summed E-state index contributed by atoms with van der Waals surface area (Å²) in [6.07, 6.45) is 2.51. The minimum absolute atomic E-state index is 0.00282. The number of fused-ring (bicyclic) bond motifs is 2. The van der Waals surface area contributed by atoms with E-state index in [4.69, 9.17) is 0 Å². The summed E-state index contributed by atoms with van der Waals surface area (Å²) < 4.78 is 28.5. The molecule has 2 aliphatic heterocycles.